The summed E-state index contributed by atoms with van der Waals surface area (Å²) in [6, 6.07) is 9.24. The Balaban J connectivity index is 2.10. The zero-order chi connectivity index (χ0) is 12.8. The first-order chi connectivity index (χ1) is 8.83. The van der Waals surface area contributed by atoms with Gasteiger partial charge in [0.15, 0.2) is 0 Å². The van der Waals surface area contributed by atoms with E-state index in [1.165, 1.54) is 51.4 Å². The maximum Gasteiger partial charge on any atom is -0.0171 e. The Morgan fingerprint density at radius 3 is 2.56 bits per heavy atom. The largest absolute Gasteiger partial charge is 0.0750 e. The Kier molecular flexibility index (Phi) is 5.70. The van der Waals surface area contributed by atoms with E-state index >= 15 is 0 Å². The summed E-state index contributed by atoms with van der Waals surface area (Å²) in [6.07, 6.45) is 11.3. The summed E-state index contributed by atoms with van der Waals surface area (Å²) in [4.78, 5) is 0. The van der Waals surface area contributed by atoms with Gasteiger partial charge in [0.2, 0.25) is 0 Å². The predicted octanol–water partition coefficient (Wildman–Crippen LogP) is 5.10. The van der Waals surface area contributed by atoms with Crippen LogP contribution in [0.1, 0.15) is 57.4 Å². The highest BCUT2D eigenvalue weighted by atomic mass is 31.1. The van der Waals surface area contributed by atoms with E-state index in [4.69, 9.17) is 0 Å². The van der Waals surface area contributed by atoms with Crippen molar-refractivity contribution in [2.24, 2.45) is 0 Å². The van der Waals surface area contributed by atoms with Crippen molar-refractivity contribution in [1.29, 1.82) is 0 Å². The molecule has 0 aromatic heterocycles. The lowest BCUT2D eigenvalue weighted by molar-refractivity contribution is 0.512. The zero-order valence-corrected chi connectivity index (χ0v) is 12.9. The van der Waals surface area contributed by atoms with Crippen LogP contribution in [0.5, 0.6) is 0 Å². The molecule has 0 nitrogen and oxygen atoms in total. The quantitative estimate of drug-likeness (QED) is 0.648. The van der Waals surface area contributed by atoms with Gasteiger partial charge in [0.1, 0.15) is 0 Å². The van der Waals surface area contributed by atoms with Crippen molar-refractivity contribution in [1.82, 2.24) is 0 Å². The van der Waals surface area contributed by atoms with Crippen LogP contribution in [0.15, 0.2) is 24.3 Å². The molecule has 0 bridgehead atoms. The van der Waals surface area contributed by atoms with Crippen molar-refractivity contribution in [3.05, 3.63) is 29.8 Å². The minimum Gasteiger partial charge on any atom is -0.0750 e. The molecule has 1 atom stereocenters. The molecule has 1 fully saturated rings. The molecule has 0 N–H and O–H groups in total. The Bertz CT molecular complexity index is 352. The van der Waals surface area contributed by atoms with E-state index in [0.717, 1.165) is 5.66 Å². The first-order valence-corrected chi connectivity index (χ1v) is 9.49. The van der Waals surface area contributed by atoms with Crippen LogP contribution in [0, 0.1) is 0 Å². The van der Waals surface area contributed by atoms with Crippen LogP contribution in [0.4, 0.5) is 0 Å². The smallest absolute Gasteiger partial charge is 0.0171 e. The molecule has 1 unspecified atom stereocenters. The van der Waals surface area contributed by atoms with Gasteiger partial charge in [-0.2, -0.15) is 0 Å². The molecule has 2 rings (SSSR count). The maximum absolute atomic E-state index is 2.52. The predicted molar refractivity (Wildman–Crippen MR) is 84.4 cm³/mol. The van der Waals surface area contributed by atoms with E-state index in [1.54, 1.807) is 10.9 Å². The van der Waals surface area contributed by atoms with E-state index in [2.05, 4.69) is 37.9 Å². The van der Waals surface area contributed by atoms with Gasteiger partial charge in [0.25, 0.3) is 0 Å². The molecular formula is C17H27P. The molecule has 0 radical (unpaired) electrons. The summed E-state index contributed by atoms with van der Waals surface area (Å²) < 4.78 is 0. The topological polar surface area (TPSA) is 0 Å². The SMILES string of the molecule is CCCCc1ccccc1P(C)C1CCCCC1. The average molecular weight is 262 g/mol. The van der Waals surface area contributed by atoms with E-state index in [1.807, 2.05) is 0 Å². The van der Waals surface area contributed by atoms with Crippen LogP contribution in [0.2, 0.25) is 0 Å². The minimum absolute atomic E-state index is 0.0688. The number of benzene rings is 1. The van der Waals surface area contributed by atoms with E-state index in [9.17, 15) is 0 Å². The third-order valence-electron chi connectivity index (χ3n) is 4.29. The van der Waals surface area contributed by atoms with Crippen LogP contribution in [0.3, 0.4) is 0 Å². The molecule has 1 aliphatic rings. The van der Waals surface area contributed by atoms with Gasteiger partial charge >= 0.3 is 0 Å². The fourth-order valence-corrected chi connectivity index (χ4v) is 5.59. The molecule has 1 saturated carbocycles. The van der Waals surface area contributed by atoms with Crippen molar-refractivity contribution in [3.63, 3.8) is 0 Å². The molecular weight excluding hydrogens is 235 g/mol. The molecule has 0 saturated heterocycles. The molecule has 0 spiro atoms. The summed E-state index contributed by atoms with van der Waals surface area (Å²) in [5, 5.41) is 1.70. The number of rotatable bonds is 5. The average Bonchev–Trinajstić information content (AvgIpc) is 2.45. The van der Waals surface area contributed by atoms with Crippen LogP contribution in [0.25, 0.3) is 0 Å². The normalized spacial score (nSPS) is 18.8. The summed E-state index contributed by atoms with van der Waals surface area (Å²) in [7, 11) is 0.0688. The highest BCUT2D eigenvalue weighted by molar-refractivity contribution is 7.65. The van der Waals surface area contributed by atoms with Crippen LogP contribution >= 0.6 is 7.92 Å². The third-order valence-corrected chi connectivity index (χ3v) is 7.10. The molecule has 0 amide bonds. The van der Waals surface area contributed by atoms with Crippen molar-refractivity contribution in [2.45, 2.75) is 63.9 Å². The molecule has 0 aliphatic heterocycles. The van der Waals surface area contributed by atoms with Gasteiger partial charge in [0, 0.05) is 0 Å². The van der Waals surface area contributed by atoms with Crippen molar-refractivity contribution in [2.75, 3.05) is 6.66 Å². The molecule has 1 aromatic carbocycles. The molecule has 1 aliphatic carbocycles. The Hall–Kier alpha value is -0.350. The molecule has 18 heavy (non-hydrogen) atoms. The molecule has 1 heteroatoms. The van der Waals surface area contributed by atoms with Crippen LogP contribution in [-0.4, -0.2) is 12.3 Å². The molecule has 1 aromatic rings. The highest BCUT2D eigenvalue weighted by Gasteiger charge is 2.22. The van der Waals surface area contributed by atoms with Gasteiger partial charge in [0.05, 0.1) is 0 Å². The first kappa shape index (κ1) is 14.1. The Labute approximate surface area is 114 Å². The fraction of sp³-hybridized carbons (Fsp3) is 0.647. The van der Waals surface area contributed by atoms with Crippen molar-refractivity contribution < 1.29 is 0 Å². The minimum atomic E-state index is 0.0688. The lowest BCUT2D eigenvalue weighted by atomic mass is 10.0. The third kappa shape index (κ3) is 3.58. The summed E-state index contributed by atoms with van der Waals surface area (Å²) in [5.41, 5.74) is 2.63. The second-order valence-corrected chi connectivity index (χ2v) is 8.07. The lowest BCUT2D eigenvalue weighted by Gasteiger charge is -2.29. The van der Waals surface area contributed by atoms with Gasteiger partial charge in [-0.05, 0) is 48.9 Å². The van der Waals surface area contributed by atoms with E-state index < -0.39 is 0 Å². The van der Waals surface area contributed by atoms with Gasteiger partial charge in [-0.15, -0.1) is 0 Å². The standard InChI is InChI=1S/C17H27P/c1-3-4-10-15-11-8-9-14-17(15)18(2)16-12-6-5-7-13-16/h8-9,11,14,16H,3-7,10,12-13H2,1-2H3. The molecule has 100 valence electrons. The summed E-state index contributed by atoms with van der Waals surface area (Å²) >= 11 is 0. The lowest BCUT2D eigenvalue weighted by Crippen LogP contribution is -2.19. The Morgan fingerprint density at radius 2 is 1.83 bits per heavy atom. The first-order valence-electron chi connectivity index (χ1n) is 7.63. The van der Waals surface area contributed by atoms with E-state index in [-0.39, 0.29) is 7.92 Å². The van der Waals surface area contributed by atoms with Gasteiger partial charge < -0.3 is 0 Å². The zero-order valence-electron chi connectivity index (χ0n) is 12.0. The van der Waals surface area contributed by atoms with E-state index in [0.29, 0.717) is 0 Å². The van der Waals surface area contributed by atoms with Crippen LogP contribution < -0.4 is 5.30 Å². The number of hydrogen-bond acceptors (Lipinski definition) is 0. The summed E-state index contributed by atoms with van der Waals surface area (Å²) in [6.45, 7) is 4.81. The monoisotopic (exact) mass is 262 g/mol. The second kappa shape index (κ2) is 7.29. The van der Waals surface area contributed by atoms with Crippen LogP contribution in [-0.2, 0) is 6.42 Å². The fourth-order valence-electron chi connectivity index (χ4n) is 3.10. The van der Waals surface area contributed by atoms with Gasteiger partial charge in [-0.25, -0.2) is 0 Å². The second-order valence-electron chi connectivity index (χ2n) is 5.64. The number of hydrogen-bond donors (Lipinski definition) is 0. The maximum atomic E-state index is 2.52. The number of unbranched alkanes of at least 4 members (excludes halogenated alkanes) is 1. The van der Waals surface area contributed by atoms with Crippen molar-refractivity contribution >= 4 is 13.2 Å². The van der Waals surface area contributed by atoms with Gasteiger partial charge in [-0.3, -0.25) is 0 Å². The summed E-state index contributed by atoms with van der Waals surface area (Å²) in [5.74, 6) is 0. The Morgan fingerprint density at radius 1 is 1.11 bits per heavy atom. The van der Waals surface area contributed by atoms with Gasteiger partial charge in [-0.1, -0.05) is 64.8 Å². The highest BCUT2D eigenvalue weighted by Crippen LogP contribution is 2.44. The molecule has 0 heterocycles. The number of aryl methyl sites for hydroxylation is 1. The van der Waals surface area contributed by atoms with Crippen molar-refractivity contribution in [3.8, 4) is 0 Å².